The van der Waals surface area contributed by atoms with E-state index in [9.17, 15) is 15.4 Å². The number of aromatic nitrogens is 1. The molecular formula is C19H16N4O3. The highest BCUT2D eigenvalue weighted by Gasteiger charge is 2.11. The number of fused-ring (bicyclic) bond motifs is 1. The van der Waals surface area contributed by atoms with Gasteiger partial charge in [0.15, 0.2) is 0 Å². The van der Waals surface area contributed by atoms with Gasteiger partial charge in [-0.3, -0.25) is 10.1 Å². The van der Waals surface area contributed by atoms with Crippen molar-refractivity contribution in [2.45, 2.75) is 13.5 Å². The minimum atomic E-state index is -0.488. The Morgan fingerprint density at radius 3 is 2.85 bits per heavy atom. The van der Waals surface area contributed by atoms with Crippen molar-refractivity contribution in [2.24, 2.45) is 0 Å². The number of ether oxygens (including phenoxy) is 1. The van der Waals surface area contributed by atoms with Crippen molar-refractivity contribution in [1.29, 1.82) is 5.26 Å². The first-order valence-electron chi connectivity index (χ1n) is 8.05. The molecule has 3 aromatic rings. The zero-order valence-electron chi connectivity index (χ0n) is 14.1. The Balaban J connectivity index is 1.87. The van der Waals surface area contributed by atoms with Crippen LogP contribution in [-0.4, -0.2) is 16.5 Å². The highest BCUT2D eigenvalue weighted by Crippen LogP contribution is 2.25. The average Bonchev–Trinajstić information content (AvgIpc) is 2.65. The highest BCUT2D eigenvalue weighted by atomic mass is 16.6. The lowest BCUT2D eigenvalue weighted by atomic mass is 10.1. The van der Waals surface area contributed by atoms with Crippen LogP contribution in [0.25, 0.3) is 10.9 Å². The lowest BCUT2D eigenvalue weighted by Crippen LogP contribution is -2.03. The molecule has 26 heavy (non-hydrogen) atoms. The summed E-state index contributed by atoms with van der Waals surface area (Å²) >= 11 is 0. The summed E-state index contributed by atoms with van der Waals surface area (Å²) in [5.41, 5.74) is 1.81. The second-order valence-electron chi connectivity index (χ2n) is 5.56. The van der Waals surface area contributed by atoms with E-state index in [-0.39, 0.29) is 5.69 Å². The second-order valence-corrected chi connectivity index (χ2v) is 5.56. The Kier molecular flexibility index (Phi) is 4.94. The van der Waals surface area contributed by atoms with Gasteiger partial charge in [-0.1, -0.05) is 12.1 Å². The second kappa shape index (κ2) is 7.49. The lowest BCUT2D eigenvalue weighted by molar-refractivity contribution is -0.384. The molecule has 0 amide bonds. The molecule has 0 aliphatic rings. The molecule has 0 bridgehead atoms. The van der Waals surface area contributed by atoms with Gasteiger partial charge in [-0.15, -0.1) is 0 Å². The van der Waals surface area contributed by atoms with Crippen molar-refractivity contribution in [3.63, 3.8) is 0 Å². The fraction of sp³-hybridized carbons (Fsp3) is 0.158. The Morgan fingerprint density at radius 2 is 2.12 bits per heavy atom. The van der Waals surface area contributed by atoms with Crippen molar-refractivity contribution in [2.75, 3.05) is 11.9 Å². The van der Waals surface area contributed by atoms with E-state index >= 15 is 0 Å². The van der Waals surface area contributed by atoms with Gasteiger partial charge in [-0.2, -0.15) is 5.26 Å². The van der Waals surface area contributed by atoms with E-state index in [1.165, 1.54) is 12.1 Å². The predicted molar refractivity (Wildman–Crippen MR) is 98.1 cm³/mol. The molecule has 7 heteroatoms. The number of anilines is 1. The van der Waals surface area contributed by atoms with Gasteiger partial charge >= 0.3 is 0 Å². The van der Waals surface area contributed by atoms with Gasteiger partial charge in [-0.05, 0) is 36.8 Å². The molecule has 0 saturated heterocycles. The summed E-state index contributed by atoms with van der Waals surface area (Å²) in [5.74, 6) is 1.33. The van der Waals surface area contributed by atoms with Gasteiger partial charge in [0.05, 0.1) is 28.7 Å². The maximum Gasteiger partial charge on any atom is 0.270 e. The summed E-state index contributed by atoms with van der Waals surface area (Å²) in [5, 5.41) is 23.9. The SMILES string of the molecule is CCOc1cccc(CNc2cc(C#N)c3cc([N+](=O)[O-])ccc3n2)c1. The monoisotopic (exact) mass is 348 g/mol. The maximum atomic E-state index is 10.9. The number of nitrogens with one attached hydrogen (secondary N) is 1. The highest BCUT2D eigenvalue weighted by molar-refractivity contribution is 5.88. The van der Waals surface area contributed by atoms with Crippen LogP contribution >= 0.6 is 0 Å². The van der Waals surface area contributed by atoms with E-state index in [2.05, 4.69) is 16.4 Å². The molecule has 3 rings (SSSR count). The van der Waals surface area contributed by atoms with Crippen LogP contribution in [0.15, 0.2) is 48.5 Å². The number of benzene rings is 2. The summed E-state index contributed by atoms with van der Waals surface area (Å²) < 4.78 is 5.48. The molecule has 0 aliphatic heterocycles. The van der Waals surface area contributed by atoms with E-state index in [0.29, 0.717) is 35.4 Å². The average molecular weight is 348 g/mol. The van der Waals surface area contributed by atoms with E-state index in [4.69, 9.17) is 4.74 Å². The number of nitrogens with zero attached hydrogens (tertiary/aromatic N) is 3. The molecular weight excluding hydrogens is 332 g/mol. The standard InChI is InChI=1S/C19H16N4O3/c1-2-26-16-5-3-4-13(8-16)12-21-19-9-14(11-20)17-10-15(23(24)25)6-7-18(17)22-19/h3-10H,2,12H2,1H3,(H,21,22). The number of non-ortho nitro benzene ring substituents is 1. The fourth-order valence-corrected chi connectivity index (χ4v) is 2.61. The lowest BCUT2D eigenvalue weighted by Gasteiger charge is -2.10. The maximum absolute atomic E-state index is 10.9. The van der Waals surface area contributed by atoms with E-state index in [0.717, 1.165) is 11.3 Å². The van der Waals surface area contributed by atoms with Crippen LogP contribution < -0.4 is 10.1 Å². The number of rotatable bonds is 6. The Bertz CT molecular complexity index is 1010. The predicted octanol–water partition coefficient (Wildman–Crippen LogP) is 4.03. The Labute approximate surface area is 150 Å². The summed E-state index contributed by atoms with van der Waals surface area (Å²) in [7, 11) is 0. The first-order valence-corrected chi connectivity index (χ1v) is 8.05. The minimum Gasteiger partial charge on any atom is -0.494 e. The molecule has 0 radical (unpaired) electrons. The van der Waals surface area contributed by atoms with Crippen LogP contribution in [-0.2, 0) is 6.54 Å². The van der Waals surface area contributed by atoms with Gasteiger partial charge in [0.25, 0.3) is 5.69 Å². The van der Waals surface area contributed by atoms with Crippen molar-refractivity contribution in [3.05, 3.63) is 69.8 Å². The van der Waals surface area contributed by atoms with Crippen molar-refractivity contribution in [3.8, 4) is 11.8 Å². The Hall–Kier alpha value is -3.66. The zero-order valence-corrected chi connectivity index (χ0v) is 14.1. The van der Waals surface area contributed by atoms with Crippen LogP contribution in [0, 0.1) is 21.4 Å². The smallest absolute Gasteiger partial charge is 0.270 e. The van der Waals surface area contributed by atoms with Crippen molar-refractivity contribution in [1.82, 2.24) is 4.98 Å². The van der Waals surface area contributed by atoms with Crippen LogP contribution in [0.4, 0.5) is 11.5 Å². The number of hydrogen-bond donors (Lipinski definition) is 1. The molecule has 0 atom stereocenters. The zero-order chi connectivity index (χ0) is 18.5. The van der Waals surface area contributed by atoms with Crippen LogP contribution in [0.5, 0.6) is 5.75 Å². The summed E-state index contributed by atoms with van der Waals surface area (Å²) in [6, 6.07) is 15.7. The van der Waals surface area contributed by atoms with E-state index < -0.39 is 4.92 Å². The molecule has 2 aromatic carbocycles. The Morgan fingerprint density at radius 1 is 1.27 bits per heavy atom. The molecule has 0 spiro atoms. The number of nitro benzene ring substituents is 1. The molecule has 1 heterocycles. The summed E-state index contributed by atoms with van der Waals surface area (Å²) in [4.78, 5) is 14.9. The van der Waals surface area contributed by atoms with Crippen LogP contribution in [0.2, 0.25) is 0 Å². The minimum absolute atomic E-state index is 0.0655. The first kappa shape index (κ1) is 17.2. The molecule has 0 unspecified atom stereocenters. The quantitative estimate of drug-likeness (QED) is 0.533. The number of nitro groups is 1. The van der Waals surface area contributed by atoms with Crippen molar-refractivity contribution >= 4 is 22.4 Å². The summed E-state index contributed by atoms with van der Waals surface area (Å²) in [6.07, 6.45) is 0. The molecule has 130 valence electrons. The largest absolute Gasteiger partial charge is 0.494 e. The van der Waals surface area contributed by atoms with Gasteiger partial charge in [0.1, 0.15) is 11.6 Å². The fourth-order valence-electron chi connectivity index (χ4n) is 2.61. The molecule has 0 saturated carbocycles. The van der Waals surface area contributed by atoms with E-state index in [1.807, 2.05) is 31.2 Å². The number of nitriles is 1. The van der Waals surface area contributed by atoms with E-state index in [1.54, 1.807) is 12.1 Å². The topological polar surface area (TPSA) is 101 Å². The first-order chi connectivity index (χ1) is 12.6. The van der Waals surface area contributed by atoms with Gasteiger partial charge < -0.3 is 10.1 Å². The summed E-state index contributed by atoms with van der Waals surface area (Å²) in [6.45, 7) is 3.04. The van der Waals surface area contributed by atoms with Gasteiger partial charge in [0.2, 0.25) is 0 Å². The van der Waals surface area contributed by atoms with Crippen molar-refractivity contribution < 1.29 is 9.66 Å². The van der Waals surface area contributed by atoms with Crippen LogP contribution in [0.1, 0.15) is 18.1 Å². The van der Waals surface area contributed by atoms with Gasteiger partial charge in [-0.25, -0.2) is 4.98 Å². The molecule has 0 fully saturated rings. The number of pyridine rings is 1. The molecule has 1 aromatic heterocycles. The van der Waals surface area contributed by atoms with Gasteiger partial charge in [0, 0.05) is 24.1 Å². The molecule has 1 N–H and O–H groups in total. The van der Waals surface area contributed by atoms with Crippen LogP contribution in [0.3, 0.4) is 0 Å². The normalized spacial score (nSPS) is 10.3. The number of hydrogen-bond acceptors (Lipinski definition) is 6. The third-order valence-electron chi connectivity index (χ3n) is 3.81. The molecule has 0 aliphatic carbocycles. The third-order valence-corrected chi connectivity index (χ3v) is 3.81. The third kappa shape index (κ3) is 3.70. The molecule has 7 nitrogen and oxygen atoms in total.